The molecule has 0 radical (unpaired) electrons. The van der Waals surface area contributed by atoms with Gasteiger partial charge in [-0.1, -0.05) is 84.9 Å². The first-order chi connectivity index (χ1) is 13.8. The predicted molar refractivity (Wildman–Crippen MR) is 113 cm³/mol. The predicted octanol–water partition coefficient (Wildman–Crippen LogP) is 7.14. The summed E-state index contributed by atoms with van der Waals surface area (Å²) < 4.78 is 23.0. The molecule has 4 aromatic rings. The van der Waals surface area contributed by atoms with Crippen LogP contribution in [0.1, 0.15) is 0 Å². The molecule has 0 aliphatic rings. The number of rotatable bonds is 6. The van der Waals surface area contributed by atoms with Crippen LogP contribution in [-0.2, 0) is 4.57 Å². The zero-order valence-corrected chi connectivity index (χ0v) is 16.0. The molecule has 136 valence electrons. The summed E-state index contributed by atoms with van der Waals surface area (Å²) in [5, 5.41) is 0. The van der Waals surface area contributed by atoms with E-state index in [0.29, 0.717) is 11.5 Å². The summed E-state index contributed by atoms with van der Waals surface area (Å²) in [7, 11) is -2.31. The van der Waals surface area contributed by atoms with Crippen LogP contribution in [0.4, 0.5) is 0 Å². The molecule has 0 atom stereocenters. The van der Waals surface area contributed by atoms with Crippen LogP contribution in [0.15, 0.2) is 109 Å². The van der Waals surface area contributed by atoms with Gasteiger partial charge in [0, 0.05) is 4.57 Å². The largest absolute Gasteiger partial charge is 0.805 e. The van der Waals surface area contributed by atoms with E-state index in [4.69, 9.17) is 9.05 Å². The number of hydrogen-bond acceptors (Lipinski definition) is 3. The van der Waals surface area contributed by atoms with E-state index in [-0.39, 0.29) is 0 Å². The van der Waals surface area contributed by atoms with E-state index >= 15 is 0 Å². The lowest BCUT2D eigenvalue weighted by atomic mass is 10.1. The molecule has 0 heterocycles. The maximum absolute atomic E-state index is 12.2. The van der Waals surface area contributed by atoms with Gasteiger partial charge in [-0.2, -0.15) is 0 Å². The van der Waals surface area contributed by atoms with E-state index in [1.807, 2.05) is 84.9 Å². The maximum atomic E-state index is 12.2. The second-order valence-corrected chi connectivity index (χ2v) is 7.00. The summed E-state index contributed by atoms with van der Waals surface area (Å²) in [6.45, 7) is 0. The summed E-state index contributed by atoms with van der Waals surface area (Å²) in [5.41, 5.74) is 4.38. The molecule has 0 saturated carbocycles. The Balaban J connectivity index is 1.38. The smallest absolute Gasteiger partial charge is 0.222 e. The van der Waals surface area contributed by atoms with E-state index in [0.717, 1.165) is 22.3 Å². The number of benzene rings is 4. The van der Waals surface area contributed by atoms with Crippen LogP contribution in [0.2, 0.25) is 0 Å². The van der Waals surface area contributed by atoms with Crippen LogP contribution < -0.4 is 9.05 Å². The summed E-state index contributed by atoms with van der Waals surface area (Å²) >= 11 is 0. The molecule has 4 heteroatoms. The second kappa shape index (κ2) is 8.51. The third-order valence-electron chi connectivity index (χ3n) is 4.28. The molecule has 0 amide bonds. The van der Waals surface area contributed by atoms with Gasteiger partial charge in [0.05, 0.1) is 0 Å². The molecule has 0 unspecified atom stereocenters. The summed E-state index contributed by atoms with van der Waals surface area (Å²) in [5.74, 6) is 1.00. The van der Waals surface area contributed by atoms with Crippen molar-refractivity contribution in [2.45, 2.75) is 0 Å². The molecule has 0 fully saturated rings. The third kappa shape index (κ3) is 4.46. The van der Waals surface area contributed by atoms with Gasteiger partial charge in [-0.05, 0) is 46.5 Å². The Morgan fingerprint density at radius 2 is 0.750 bits per heavy atom. The fourth-order valence-corrected chi connectivity index (χ4v) is 3.49. The lowest BCUT2D eigenvalue weighted by Crippen LogP contribution is -1.89. The first-order valence-corrected chi connectivity index (χ1v) is 10.0. The van der Waals surface area contributed by atoms with Crippen molar-refractivity contribution in [1.29, 1.82) is 0 Å². The highest BCUT2D eigenvalue weighted by Gasteiger charge is 2.24. The average Bonchev–Trinajstić information content (AvgIpc) is 2.76. The van der Waals surface area contributed by atoms with Gasteiger partial charge >= 0.3 is 8.25 Å². The lowest BCUT2D eigenvalue weighted by molar-refractivity contribution is 0.415. The zero-order chi connectivity index (χ0) is 19.2. The molecule has 3 nitrogen and oxygen atoms in total. The van der Waals surface area contributed by atoms with Crippen molar-refractivity contribution in [1.82, 2.24) is 0 Å². The van der Waals surface area contributed by atoms with Crippen LogP contribution >= 0.6 is 8.25 Å². The molecule has 28 heavy (non-hydrogen) atoms. The molecule has 0 aliphatic carbocycles. The van der Waals surface area contributed by atoms with Crippen LogP contribution in [0.3, 0.4) is 0 Å². The van der Waals surface area contributed by atoms with E-state index in [1.54, 1.807) is 24.3 Å². The second-order valence-electron chi connectivity index (χ2n) is 6.19. The van der Waals surface area contributed by atoms with Gasteiger partial charge in [-0.25, -0.2) is 9.05 Å². The quantitative estimate of drug-likeness (QED) is 0.331. The van der Waals surface area contributed by atoms with Gasteiger partial charge in [-0.15, -0.1) is 0 Å². The van der Waals surface area contributed by atoms with E-state index in [2.05, 4.69) is 0 Å². The summed E-state index contributed by atoms with van der Waals surface area (Å²) in [6, 6.07) is 35.0. The van der Waals surface area contributed by atoms with Crippen molar-refractivity contribution < 1.29 is 13.6 Å². The first kappa shape index (κ1) is 18.0. The first-order valence-electron chi connectivity index (χ1n) is 8.92. The fourth-order valence-electron chi connectivity index (χ4n) is 2.87. The van der Waals surface area contributed by atoms with Crippen molar-refractivity contribution in [3.63, 3.8) is 0 Å². The molecule has 0 aromatic heterocycles. The molecule has 4 aromatic carbocycles. The lowest BCUT2D eigenvalue weighted by Gasteiger charge is -2.02. The minimum Gasteiger partial charge on any atom is -0.222 e. The Hall–Kier alpha value is -3.42. The fraction of sp³-hybridized carbons (Fsp3) is 0. The van der Waals surface area contributed by atoms with Crippen LogP contribution in [-0.4, -0.2) is 0 Å². The highest BCUT2D eigenvalue weighted by molar-refractivity contribution is 7.34. The van der Waals surface area contributed by atoms with Gasteiger partial charge in [0.2, 0.25) is 0 Å². The molecule has 4 rings (SSSR count). The molecule has 0 saturated heterocycles. The molecule has 0 N–H and O–H groups in total. The molecule has 0 bridgehead atoms. The standard InChI is InChI=1S/C24H18O3P/c25-28(26-23-15-11-21(12-16-23)19-7-3-1-4-8-19)27-24-17-13-22(14-18-24)20-9-5-2-6-10-20/h1-18H/q+1. The Kier molecular flexibility index (Phi) is 5.46. The van der Waals surface area contributed by atoms with Crippen molar-refractivity contribution in [3.8, 4) is 33.8 Å². The van der Waals surface area contributed by atoms with Crippen LogP contribution in [0.5, 0.6) is 11.5 Å². The normalized spacial score (nSPS) is 10.3. The minimum absolute atomic E-state index is 0.502. The molecular formula is C24H18O3P+. The third-order valence-corrected chi connectivity index (χ3v) is 5.00. The average molecular weight is 385 g/mol. The highest BCUT2D eigenvalue weighted by Crippen LogP contribution is 2.32. The Labute approximate surface area is 165 Å². The minimum atomic E-state index is -2.31. The van der Waals surface area contributed by atoms with Gasteiger partial charge in [0.25, 0.3) is 0 Å². The Morgan fingerprint density at radius 3 is 1.11 bits per heavy atom. The van der Waals surface area contributed by atoms with E-state index in [9.17, 15) is 4.57 Å². The van der Waals surface area contributed by atoms with Crippen molar-refractivity contribution in [2.75, 3.05) is 0 Å². The van der Waals surface area contributed by atoms with Crippen LogP contribution in [0, 0.1) is 0 Å². The van der Waals surface area contributed by atoms with Gasteiger partial charge in [0.1, 0.15) is 0 Å². The Bertz CT molecular complexity index is 958. The van der Waals surface area contributed by atoms with Gasteiger partial charge < -0.3 is 0 Å². The Morgan fingerprint density at radius 1 is 0.429 bits per heavy atom. The van der Waals surface area contributed by atoms with Gasteiger partial charge in [0.15, 0.2) is 11.5 Å². The molecular weight excluding hydrogens is 367 g/mol. The number of hydrogen-bond donors (Lipinski definition) is 0. The van der Waals surface area contributed by atoms with Crippen molar-refractivity contribution >= 4 is 8.25 Å². The van der Waals surface area contributed by atoms with E-state index < -0.39 is 8.25 Å². The van der Waals surface area contributed by atoms with Crippen molar-refractivity contribution in [3.05, 3.63) is 109 Å². The summed E-state index contributed by atoms with van der Waals surface area (Å²) in [6.07, 6.45) is 0. The summed E-state index contributed by atoms with van der Waals surface area (Å²) in [4.78, 5) is 0. The zero-order valence-electron chi connectivity index (χ0n) is 15.1. The van der Waals surface area contributed by atoms with E-state index in [1.165, 1.54) is 0 Å². The monoisotopic (exact) mass is 385 g/mol. The maximum Gasteiger partial charge on any atom is 0.805 e. The van der Waals surface area contributed by atoms with Crippen molar-refractivity contribution in [2.24, 2.45) is 0 Å². The van der Waals surface area contributed by atoms with Gasteiger partial charge in [-0.3, -0.25) is 0 Å². The highest BCUT2D eigenvalue weighted by atomic mass is 31.1. The van der Waals surface area contributed by atoms with Crippen LogP contribution in [0.25, 0.3) is 22.3 Å². The SMILES string of the molecule is O=[P+](Oc1ccc(-c2ccccc2)cc1)Oc1ccc(-c2ccccc2)cc1. The topological polar surface area (TPSA) is 35.5 Å². The molecule has 0 aliphatic heterocycles. The molecule has 0 spiro atoms.